The number of amides is 2. The number of aromatic nitrogens is 2. The molecule has 0 spiro atoms. The number of carboxylic acids is 1. The monoisotopic (exact) mass is 1350 g/mol. The van der Waals surface area contributed by atoms with Crippen molar-refractivity contribution in [2.24, 2.45) is 11.8 Å². The molecule has 0 aliphatic carbocycles. The van der Waals surface area contributed by atoms with Crippen molar-refractivity contribution in [2.45, 2.75) is 151 Å². The highest BCUT2D eigenvalue weighted by molar-refractivity contribution is 5.84. The number of likely N-dealkylation sites (N-methyl/N-ethyl adjacent to an activating group) is 2. The topological polar surface area (TPSA) is 191 Å². The highest BCUT2D eigenvalue weighted by Crippen LogP contribution is 2.40. The predicted octanol–water partition coefficient (Wildman–Crippen LogP) is 13.7. The van der Waals surface area contributed by atoms with Gasteiger partial charge in [0.15, 0.2) is 0 Å². The van der Waals surface area contributed by atoms with Crippen molar-refractivity contribution in [2.75, 3.05) is 62.1 Å². The van der Waals surface area contributed by atoms with Crippen molar-refractivity contribution in [3.8, 4) is 33.8 Å². The molecule has 0 fully saturated rings. The Labute approximate surface area is 555 Å². The number of nitrogens with one attached hydrogen (secondary N) is 2. The zero-order valence-corrected chi connectivity index (χ0v) is 57.7. The number of aliphatic carboxylic acids is 1. The summed E-state index contributed by atoms with van der Waals surface area (Å²) in [7, 11) is 9.92. The normalized spacial score (nSPS) is 13.1. The fourth-order valence-corrected chi connectivity index (χ4v) is 11.8. The smallest absolute Gasteiger partial charge is 0.416 e. The number of carboxylic acid groups (broad SMARTS) is 1. The van der Waals surface area contributed by atoms with E-state index < -0.39 is 107 Å². The molecular formula is C72H90F8N6O10. The van der Waals surface area contributed by atoms with Crippen molar-refractivity contribution in [3.05, 3.63) is 172 Å². The standard InChI is InChI=1S/C37H47F4N3O5.C35H43F4N3O5/c1-10-49-33(46)19-29(27-17-26(16-23(5)35(27)38)34-22(4)11-12-31(48-9)24(34)6)42-36(47)30(15-21(2)3)44-20-25(13-14-43(7)8)28(18-32(44)45)37(39,40)41;1-19(2)13-28(42-18-23(11-12-41(6)7)26(16-30(42)43)35(37,38)39)34(46)40-27(17-31(44)45)25-15-24(14-21(4)33(25)36)32-20(3)9-10-29(47-8)22(32)5/h11-12,16-18,20-21,29-30H,10,13-15,19H2,1-9H3,(H,42,47);9-10,14-16,18-19,27-28H,11-13,17H2,1-8H3,(H,40,46)(H,44,45)/t29-,30?;27-,28?/m00/s1. The minimum absolute atomic E-state index is 0.0211. The van der Waals surface area contributed by atoms with Crippen LogP contribution in [0.15, 0.2) is 82.6 Å². The summed E-state index contributed by atoms with van der Waals surface area (Å²) in [5.74, 6) is -4.06. The molecule has 2 amide bonds. The second-order valence-electron chi connectivity index (χ2n) is 25.6. The van der Waals surface area contributed by atoms with Crippen LogP contribution in [0.4, 0.5) is 35.1 Å². The van der Waals surface area contributed by atoms with Crippen LogP contribution < -0.4 is 31.2 Å². The molecule has 24 heteroatoms. The third kappa shape index (κ3) is 20.1. The van der Waals surface area contributed by atoms with Gasteiger partial charge in [0.25, 0.3) is 11.1 Å². The Morgan fingerprint density at radius 3 is 1.24 bits per heavy atom. The van der Waals surface area contributed by atoms with Gasteiger partial charge in [-0.05, 0) is 217 Å². The first-order valence-electron chi connectivity index (χ1n) is 31.6. The summed E-state index contributed by atoms with van der Waals surface area (Å²) in [6, 6.07) is 9.60. The minimum Gasteiger partial charge on any atom is -0.496 e. The molecule has 2 aromatic heterocycles. The third-order valence-electron chi connectivity index (χ3n) is 16.5. The number of methoxy groups -OCH3 is 2. The van der Waals surface area contributed by atoms with Gasteiger partial charge in [-0.15, -0.1) is 0 Å². The molecule has 2 unspecified atom stereocenters. The van der Waals surface area contributed by atoms with Crippen LogP contribution in [-0.2, 0) is 49.1 Å². The van der Waals surface area contributed by atoms with Crippen molar-refractivity contribution in [1.29, 1.82) is 0 Å². The summed E-state index contributed by atoms with van der Waals surface area (Å²) in [6.45, 7) is 20.0. The number of benzene rings is 4. The predicted molar refractivity (Wildman–Crippen MR) is 353 cm³/mol. The molecule has 3 N–H and O–H groups in total. The number of hydrogen-bond acceptors (Lipinski definition) is 11. The maximum absolute atomic E-state index is 16.0. The third-order valence-corrected chi connectivity index (χ3v) is 16.5. The zero-order chi connectivity index (χ0) is 72.2. The largest absolute Gasteiger partial charge is 0.496 e. The molecule has 0 saturated heterocycles. The van der Waals surface area contributed by atoms with E-state index in [1.165, 1.54) is 20.1 Å². The lowest BCUT2D eigenvalue weighted by Gasteiger charge is -2.27. The number of carbonyl (C=O) groups is 4. The number of esters is 1. The van der Waals surface area contributed by atoms with Crippen LogP contribution in [0.3, 0.4) is 0 Å². The SMILES string of the molecule is CCOC(=O)C[C@H](NC(=O)C(CC(C)C)n1cc(CCN(C)C)c(C(F)(F)F)cc1=O)c1cc(-c2c(C)ccc(OC)c2C)cc(C)c1F.COc1ccc(C)c(-c2cc(C)c(F)c([C@H](CC(=O)O)NC(=O)C(CC(C)C)n3cc(CCN(C)C)c(C(F)(F)F)cc3=O)c2)c1C. The Kier molecular flexibility index (Phi) is 27.4. The molecule has 0 aliphatic rings. The van der Waals surface area contributed by atoms with E-state index in [-0.39, 0.29) is 90.6 Å². The fourth-order valence-electron chi connectivity index (χ4n) is 11.8. The lowest BCUT2D eigenvalue weighted by Crippen LogP contribution is -2.41. The summed E-state index contributed by atoms with van der Waals surface area (Å²) in [5.41, 5.74) is 2.08. The molecule has 0 bridgehead atoms. The zero-order valence-electron chi connectivity index (χ0n) is 57.7. The van der Waals surface area contributed by atoms with E-state index in [0.717, 1.165) is 54.9 Å². The minimum atomic E-state index is -4.79. The number of hydrogen-bond donors (Lipinski definition) is 3. The number of alkyl halides is 6. The molecule has 6 aromatic rings. The van der Waals surface area contributed by atoms with Crippen molar-refractivity contribution in [1.82, 2.24) is 29.6 Å². The Hall–Kier alpha value is -8.38. The highest BCUT2D eigenvalue weighted by atomic mass is 19.4. The maximum Gasteiger partial charge on any atom is 0.416 e. The lowest BCUT2D eigenvalue weighted by atomic mass is 9.90. The fraction of sp³-hybridized carbons (Fsp3) is 0.472. The molecule has 96 heavy (non-hydrogen) atoms. The van der Waals surface area contributed by atoms with Crippen LogP contribution in [0, 0.1) is 65.0 Å². The lowest BCUT2D eigenvalue weighted by molar-refractivity contribution is -0.144. The molecule has 524 valence electrons. The van der Waals surface area contributed by atoms with Gasteiger partial charge in [0.05, 0.1) is 56.9 Å². The first-order chi connectivity index (χ1) is 44.7. The highest BCUT2D eigenvalue weighted by Gasteiger charge is 2.38. The van der Waals surface area contributed by atoms with Crippen LogP contribution in [0.1, 0.15) is 151 Å². The Morgan fingerprint density at radius 1 is 0.562 bits per heavy atom. The van der Waals surface area contributed by atoms with E-state index in [9.17, 15) is 60.2 Å². The number of ether oxygens (including phenoxy) is 3. The second-order valence-corrected chi connectivity index (χ2v) is 25.6. The quantitative estimate of drug-likeness (QED) is 0.0327. The number of nitrogens with zero attached hydrogens (tertiary/aromatic N) is 4. The summed E-state index contributed by atoms with van der Waals surface area (Å²) < 4.78 is 134. The van der Waals surface area contributed by atoms with E-state index in [0.29, 0.717) is 34.8 Å². The Morgan fingerprint density at radius 2 is 0.927 bits per heavy atom. The summed E-state index contributed by atoms with van der Waals surface area (Å²) in [6.07, 6.45) is -8.46. The summed E-state index contributed by atoms with van der Waals surface area (Å²) in [4.78, 5) is 82.8. The number of aryl methyl sites for hydroxylation is 4. The maximum atomic E-state index is 16.0. The van der Waals surface area contributed by atoms with E-state index in [1.807, 2.05) is 65.8 Å². The van der Waals surface area contributed by atoms with Crippen molar-refractivity contribution < 1.29 is 73.6 Å². The van der Waals surface area contributed by atoms with Gasteiger partial charge in [0, 0.05) is 48.7 Å². The first kappa shape index (κ1) is 78.3. The molecule has 0 saturated carbocycles. The van der Waals surface area contributed by atoms with Crippen LogP contribution in [0.5, 0.6) is 11.5 Å². The average molecular weight is 1350 g/mol. The molecule has 4 aromatic carbocycles. The van der Waals surface area contributed by atoms with E-state index in [4.69, 9.17) is 14.2 Å². The van der Waals surface area contributed by atoms with Gasteiger partial charge in [-0.25, -0.2) is 8.78 Å². The molecule has 0 aliphatic heterocycles. The molecule has 0 radical (unpaired) electrons. The number of halogens is 8. The van der Waals surface area contributed by atoms with Gasteiger partial charge in [-0.2, -0.15) is 26.3 Å². The van der Waals surface area contributed by atoms with E-state index in [1.54, 1.807) is 91.0 Å². The van der Waals surface area contributed by atoms with E-state index in [2.05, 4.69) is 10.6 Å². The van der Waals surface area contributed by atoms with Gasteiger partial charge in [-0.1, -0.05) is 39.8 Å². The average Bonchev–Trinajstić information content (AvgIpc) is 0.799. The Balaban J connectivity index is 0.000000348. The first-order valence-corrected chi connectivity index (χ1v) is 31.6. The second kappa shape index (κ2) is 33.5. The van der Waals surface area contributed by atoms with Gasteiger partial charge in [0.1, 0.15) is 35.2 Å². The summed E-state index contributed by atoms with van der Waals surface area (Å²) >= 11 is 0. The van der Waals surface area contributed by atoms with Gasteiger partial charge in [0.2, 0.25) is 11.8 Å². The molecule has 6 rings (SSSR count). The van der Waals surface area contributed by atoms with Crippen molar-refractivity contribution in [3.63, 3.8) is 0 Å². The van der Waals surface area contributed by atoms with Crippen LogP contribution in [0.2, 0.25) is 0 Å². The molecule has 4 atom stereocenters. The molecule has 16 nitrogen and oxygen atoms in total. The van der Waals surface area contributed by atoms with Crippen LogP contribution >= 0.6 is 0 Å². The van der Waals surface area contributed by atoms with Crippen LogP contribution in [-0.4, -0.2) is 110 Å². The molecule has 2 heterocycles. The van der Waals surface area contributed by atoms with Gasteiger partial charge < -0.3 is 48.9 Å². The Bertz CT molecular complexity index is 3890. The van der Waals surface area contributed by atoms with Crippen LogP contribution in [0.25, 0.3) is 22.3 Å². The van der Waals surface area contributed by atoms with E-state index >= 15 is 8.78 Å². The number of carbonyl (C=O) groups excluding carboxylic acids is 3. The van der Waals surface area contributed by atoms with Gasteiger partial charge in [-0.3, -0.25) is 28.8 Å². The summed E-state index contributed by atoms with van der Waals surface area (Å²) in [5, 5.41) is 15.2. The number of pyridine rings is 2. The van der Waals surface area contributed by atoms with Gasteiger partial charge >= 0.3 is 24.3 Å². The van der Waals surface area contributed by atoms with Crippen molar-refractivity contribution >= 4 is 23.8 Å². The number of rotatable bonds is 27. The molecular weight excluding hydrogens is 1260 g/mol.